The van der Waals surface area contributed by atoms with Crippen LogP contribution >= 0.6 is 0 Å². The van der Waals surface area contributed by atoms with Gasteiger partial charge in [-0.3, -0.25) is 9.78 Å². The molecule has 0 atom stereocenters. The summed E-state index contributed by atoms with van der Waals surface area (Å²) in [4.78, 5) is 19.9. The number of amides is 1. The maximum Gasteiger partial charge on any atom is 0.256 e. The van der Waals surface area contributed by atoms with E-state index in [4.69, 9.17) is 0 Å². The minimum atomic E-state index is -3.61. The number of carbonyl (C=O) groups is 1. The molecule has 8 heteroatoms. The van der Waals surface area contributed by atoms with Gasteiger partial charge in [-0.2, -0.15) is 4.31 Å². The number of hydrogen-bond donors (Lipinski definition) is 1. The first-order chi connectivity index (χ1) is 14.9. The SMILES string of the molecule is CCN1CCN(S(=O)(=O)c2cccc(NC(=O)c3cc(C)nc4ccccc34)c2)CC1. The normalized spacial score (nSPS) is 15.8. The van der Waals surface area contributed by atoms with Crippen LogP contribution in [0.4, 0.5) is 5.69 Å². The number of benzene rings is 2. The Bertz CT molecular complexity index is 1220. The molecule has 1 fully saturated rings. The number of rotatable bonds is 5. The monoisotopic (exact) mass is 438 g/mol. The minimum Gasteiger partial charge on any atom is -0.322 e. The van der Waals surface area contributed by atoms with Crippen LogP contribution in [0.15, 0.2) is 59.5 Å². The molecule has 1 N–H and O–H groups in total. The van der Waals surface area contributed by atoms with Crippen molar-refractivity contribution >= 4 is 32.5 Å². The Morgan fingerprint density at radius 1 is 1.03 bits per heavy atom. The van der Waals surface area contributed by atoms with Crippen LogP contribution in [-0.2, 0) is 10.0 Å². The smallest absolute Gasteiger partial charge is 0.256 e. The molecule has 0 bridgehead atoms. The first kappa shape index (κ1) is 21.4. The van der Waals surface area contributed by atoms with E-state index in [0.717, 1.165) is 36.2 Å². The van der Waals surface area contributed by atoms with Crippen LogP contribution in [0.5, 0.6) is 0 Å². The molecule has 162 valence electrons. The molecule has 1 saturated heterocycles. The Morgan fingerprint density at radius 2 is 1.77 bits per heavy atom. The van der Waals surface area contributed by atoms with E-state index in [9.17, 15) is 13.2 Å². The Morgan fingerprint density at radius 3 is 2.52 bits per heavy atom. The average molecular weight is 439 g/mol. The van der Waals surface area contributed by atoms with E-state index in [-0.39, 0.29) is 10.8 Å². The fourth-order valence-electron chi connectivity index (χ4n) is 3.86. The summed E-state index contributed by atoms with van der Waals surface area (Å²) in [6.45, 7) is 7.21. The number of nitrogens with zero attached hydrogens (tertiary/aromatic N) is 3. The minimum absolute atomic E-state index is 0.186. The van der Waals surface area contributed by atoms with Crippen molar-refractivity contribution in [3.8, 4) is 0 Å². The third kappa shape index (κ3) is 4.46. The highest BCUT2D eigenvalue weighted by atomic mass is 32.2. The number of aryl methyl sites for hydroxylation is 1. The van der Waals surface area contributed by atoms with Crippen molar-refractivity contribution in [2.75, 3.05) is 38.0 Å². The molecular formula is C23H26N4O3S. The van der Waals surface area contributed by atoms with E-state index in [1.165, 1.54) is 10.4 Å². The number of pyridine rings is 1. The molecule has 1 aliphatic rings. The molecule has 1 aromatic heterocycles. The third-order valence-electron chi connectivity index (χ3n) is 5.60. The summed E-state index contributed by atoms with van der Waals surface area (Å²) in [5, 5.41) is 3.60. The topological polar surface area (TPSA) is 82.6 Å². The van der Waals surface area contributed by atoms with Gasteiger partial charge >= 0.3 is 0 Å². The van der Waals surface area contributed by atoms with Gasteiger partial charge in [0.1, 0.15) is 0 Å². The first-order valence-electron chi connectivity index (χ1n) is 10.4. The fourth-order valence-corrected chi connectivity index (χ4v) is 5.33. The number of piperazine rings is 1. The van der Waals surface area contributed by atoms with E-state index >= 15 is 0 Å². The summed E-state index contributed by atoms with van der Waals surface area (Å²) < 4.78 is 27.7. The molecule has 0 saturated carbocycles. The number of carbonyl (C=O) groups excluding carboxylic acids is 1. The largest absolute Gasteiger partial charge is 0.322 e. The Labute approximate surface area is 182 Å². The molecule has 3 aromatic rings. The van der Waals surface area contributed by atoms with E-state index in [1.54, 1.807) is 24.3 Å². The van der Waals surface area contributed by atoms with Gasteiger partial charge in [0.05, 0.1) is 16.0 Å². The second-order valence-electron chi connectivity index (χ2n) is 7.65. The molecule has 4 rings (SSSR count). The van der Waals surface area contributed by atoms with Crippen LogP contribution in [0, 0.1) is 6.92 Å². The lowest BCUT2D eigenvalue weighted by molar-refractivity contribution is 0.102. The third-order valence-corrected chi connectivity index (χ3v) is 7.49. The lowest BCUT2D eigenvalue weighted by Crippen LogP contribution is -2.48. The van der Waals surface area contributed by atoms with Crippen molar-refractivity contribution in [2.24, 2.45) is 0 Å². The predicted octanol–water partition coefficient (Wildman–Crippen LogP) is 3.12. The molecule has 1 amide bonds. The van der Waals surface area contributed by atoms with Crippen molar-refractivity contribution in [3.05, 3.63) is 65.9 Å². The number of fused-ring (bicyclic) bond motifs is 1. The van der Waals surface area contributed by atoms with Gasteiger partial charge in [0, 0.05) is 42.9 Å². The van der Waals surface area contributed by atoms with Crippen molar-refractivity contribution < 1.29 is 13.2 Å². The predicted molar refractivity (Wildman–Crippen MR) is 122 cm³/mol. The van der Waals surface area contributed by atoms with Crippen LogP contribution in [0.1, 0.15) is 23.0 Å². The molecule has 0 aliphatic carbocycles. The van der Waals surface area contributed by atoms with Crippen LogP contribution in [0.25, 0.3) is 10.9 Å². The zero-order chi connectivity index (χ0) is 22.0. The van der Waals surface area contributed by atoms with E-state index in [2.05, 4.69) is 22.1 Å². The van der Waals surface area contributed by atoms with Crippen molar-refractivity contribution in [1.29, 1.82) is 0 Å². The van der Waals surface area contributed by atoms with Gasteiger partial charge in [-0.1, -0.05) is 31.2 Å². The maximum atomic E-state index is 13.1. The maximum absolute atomic E-state index is 13.1. The lowest BCUT2D eigenvalue weighted by Gasteiger charge is -2.33. The van der Waals surface area contributed by atoms with Crippen molar-refractivity contribution in [2.45, 2.75) is 18.7 Å². The second-order valence-corrected chi connectivity index (χ2v) is 9.59. The number of para-hydroxylation sites is 1. The average Bonchev–Trinajstić information content (AvgIpc) is 2.78. The Kier molecular flexibility index (Phi) is 6.04. The van der Waals surface area contributed by atoms with Gasteiger partial charge in [0.15, 0.2) is 0 Å². The van der Waals surface area contributed by atoms with Gasteiger partial charge in [-0.05, 0) is 43.8 Å². The summed E-state index contributed by atoms with van der Waals surface area (Å²) in [7, 11) is -3.61. The van der Waals surface area contributed by atoms with Crippen molar-refractivity contribution in [3.63, 3.8) is 0 Å². The molecule has 2 heterocycles. The Balaban J connectivity index is 1.58. The standard InChI is InChI=1S/C23H26N4O3S/c1-3-26-11-13-27(14-12-26)31(29,30)19-8-6-7-18(16-19)25-23(28)21-15-17(2)24-22-10-5-4-9-20(21)22/h4-10,15-16H,3,11-14H2,1-2H3,(H,25,28). The highest BCUT2D eigenvalue weighted by Gasteiger charge is 2.28. The van der Waals surface area contributed by atoms with E-state index < -0.39 is 10.0 Å². The molecule has 7 nitrogen and oxygen atoms in total. The summed E-state index contributed by atoms with van der Waals surface area (Å²) in [5.74, 6) is -0.298. The molecule has 2 aromatic carbocycles. The van der Waals surface area contributed by atoms with Gasteiger partial charge < -0.3 is 10.2 Å². The number of nitrogens with one attached hydrogen (secondary N) is 1. The van der Waals surface area contributed by atoms with Crippen LogP contribution in [0.3, 0.4) is 0 Å². The molecule has 0 radical (unpaired) electrons. The van der Waals surface area contributed by atoms with Crippen LogP contribution < -0.4 is 5.32 Å². The number of anilines is 1. The highest BCUT2D eigenvalue weighted by molar-refractivity contribution is 7.89. The second kappa shape index (κ2) is 8.74. The molecule has 0 spiro atoms. The van der Waals surface area contributed by atoms with Crippen LogP contribution in [0.2, 0.25) is 0 Å². The van der Waals surface area contributed by atoms with E-state index in [0.29, 0.717) is 24.3 Å². The summed E-state index contributed by atoms with van der Waals surface area (Å²) in [6.07, 6.45) is 0. The molecule has 1 aliphatic heterocycles. The summed E-state index contributed by atoms with van der Waals surface area (Å²) >= 11 is 0. The van der Waals surface area contributed by atoms with Gasteiger partial charge in [0.2, 0.25) is 10.0 Å². The summed E-state index contributed by atoms with van der Waals surface area (Å²) in [5.41, 5.74) is 2.44. The zero-order valence-electron chi connectivity index (χ0n) is 17.7. The Hall–Kier alpha value is -2.81. The number of likely N-dealkylation sites (N-methyl/N-ethyl adjacent to an activating group) is 1. The highest BCUT2D eigenvalue weighted by Crippen LogP contribution is 2.23. The van der Waals surface area contributed by atoms with Gasteiger partial charge in [0.25, 0.3) is 5.91 Å². The fraction of sp³-hybridized carbons (Fsp3) is 0.304. The quantitative estimate of drug-likeness (QED) is 0.662. The molecule has 31 heavy (non-hydrogen) atoms. The lowest BCUT2D eigenvalue weighted by atomic mass is 10.1. The zero-order valence-corrected chi connectivity index (χ0v) is 18.5. The number of sulfonamides is 1. The van der Waals surface area contributed by atoms with Gasteiger partial charge in [-0.25, -0.2) is 8.42 Å². The first-order valence-corrected chi connectivity index (χ1v) is 11.8. The summed E-state index contributed by atoms with van der Waals surface area (Å²) in [6, 6.07) is 15.7. The number of aromatic nitrogens is 1. The molecular weight excluding hydrogens is 412 g/mol. The molecule has 0 unspecified atom stereocenters. The van der Waals surface area contributed by atoms with E-state index in [1.807, 2.05) is 31.2 Å². The number of hydrogen-bond acceptors (Lipinski definition) is 5. The van der Waals surface area contributed by atoms with Gasteiger partial charge in [-0.15, -0.1) is 0 Å². The van der Waals surface area contributed by atoms with Crippen molar-refractivity contribution in [1.82, 2.24) is 14.2 Å². The van der Waals surface area contributed by atoms with Crippen LogP contribution in [-0.4, -0.2) is 61.2 Å².